The maximum atomic E-state index is 11.2. The Kier molecular flexibility index (Phi) is 5.72. The number of benzene rings is 2. The van der Waals surface area contributed by atoms with E-state index in [1.54, 1.807) is 24.3 Å². The lowest BCUT2D eigenvalue weighted by Crippen LogP contribution is -2.34. The van der Waals surface area contributed by atoms with Crippen molar-refractivity contribution in [2.75, 3.05) is 24.6 Å². The normalized spacial score (nSPS) is 10.7. The van der Waals surface area contributed by atoms with Gasteiger partial charge in [0, 0.05) is 6.07 Å². The highest BCUT2D eigenvalue weighted by molar-refractivity contribution is 5.84. The van der Waals surface area contributed by atoms with Crippen LogP contribution >= 0.6 is 0 Å². The number of carboxylic acids is 3. The maximum Gasteiger partial charge on any atom is 0.341 e. The molecule has 1 heterocycles. The zero-order valence-corrected chi connectivity index (χ0v) is 15.3. The molecule has 0 saturated carbocycles. The summed E-state index contributed by atoms with van der Waals surface area (Å²) in [6.07, 6.45) is 0. The number of oxazole rings is 1. The number of anilines is 1. The van der Waals surface area contributed by atoms with Crippen molar-refractivity contribution in [2.24, 2.45) is 0 Å². The first kappa shape index (κ1) is 20.5. The minimum absolute atomic E-state index is 0.0171. The summed E-state index contributed by atoms with van der Waals surface area (Å²) < 4.78 is 10.8. The minimum atomic E-state index is -1.33. The van der Waals surface area contributed by atoms with Gasteiger partial charge in [-0.15, -0.1) is 0 Å². The predicted octanol–water partition coefficient (Wildman–Crippen LogP) is 1.64. The summed E-state index contributed by atoms with van der Waals surface area (Å²) in [4.78, 5) is 38.4. The maximum absolute atomic E-state index is 11.2. The molecule has 30 heavy (non-hydrogen) atoms. The van der Waals surface area contributed by atoms with Gasteiger partial charge in [0.25, 0.3) is 0 Å². The number of aromatic hydroxyl groups is 1. The molecular formula is C19H16N2O9. The molecule has 0 amide bonds. The van der Waals surface area contributed by atoms with Crippen LogP contribution in [-0.4, -0.2) is 63.0 Å². The van der Waals surface area contributed by atoms with Crippen LogP contribution < -0.4 is 9.64 Å². The van der Waals surface area contributed by atoms with Crippen molar-refractivity contribution >= 4 is 34.7 Å². The first-order valence-electron chi connectivity index (χ1n) is 8.50. The Morgan fingerprint density at radius 3 is 2.27 bits per heavy atom. The Morgan fingerprint density at radius 1 is 1.00 bits per heavy atom. The largest absolute Gasteiger partial charge is 0.507 e. The smallest absolute Gasteiger partial charge is 0.341 e. The van der Waals surface area contributed by atoms with Crippen molar-refractivity contribution in [1.29, 1.82) is 0 Å². The molecule has 0 unspecified atom stereocenters. The van der Waals surface area contributed by atoms with Gasteiger partial charge >= 0.3 is 17.9 Å². The van der Waals surface area contributed by atoms with Gasteiger partial charge in [-0.1, -0.05) is 12.1 Å². The van der Waals surface area contributed by atoms with Crippen molar-refractivity contribution in [1.82, 2.24) is 4.98 Å². The third-order valence-corrected chi connectivity index (χ3v) is 3.95. The molecule has 3 rings (SSSR count). The molecule has 0 bridgehead atoms. The van der Waals surface area contributed by atoms with E-state index in [0.29, 0.717) is 11.1 Å². The summed E-state index contributed by atoms with van der Waals surface area (Å²) in [6.45, 7) is -2.23. The Balaban J connectivity index is 2.11. The molecule has 0 radical (unpaired) electrons. The van der Waals surface area contributed by atoms with Gasteiger partial charge in [-0.2, -0.15) is 0 Å². The number of nitrogens with zero attached hydrogens (tertiary/aromatic N) is 2. The lowest BCUT2D eigenvalue weighted by Gasteiger charge is -2.24. The molecule has 0 fully saturated rings. The molecule has 0 aliphatic carbocycles. The van der Waals surface area contributed by atoms with Crippen LogP contribution in [0.4, 0.5) is 5.69 Å². The summed E-state index contributed by atoms with van der Waals surface area (Å²) in [5, 5.41) is 37.6. The number of aromatic nitrogens is 1. The molecular weight excluding hydrogens is 400 g/mol. The number of ether oxygens (including phenoxy) is 1. The molecule has 156 valence electrons. The van der Waals surface area contributed by atoms with E-state index in [0.717, 1.165) is 11.0 Å². The number of fused-ring (bicyclic) bond motifs is 1. The zero-order chi connectivity index (χ0) is 21.8. The van der Waals surface area contributed by atoms with Gasteiger partial charge in [0.05, 0.1) is 11.3 Å². The zero-order valence-electron chi connectivity index (χ0n) is 15.3. The van der Waals surface area contributed by atoms with Crippen LogP contribution in [0.15, 0.2) is 40.8 Å². The molecule has 0 aliphatic heterocycles. The lowest BCUT2D eigenvalue weighted by molar-refractivity contribution is -0.140. The van der Waals surface area contributed by atoms with E-state index >= 15 is 0 Å². The van der Waals surface area contributed by atoms with Crippen LogP contribution in [0.3, 0.4) is 0 Å². The molecule has 11 heteroatoms. The van der Waals surface area contributed by atoms with Crippen molar-refractivity contribution < 1.29 is 44.0 Å². The highest BCUT2D eigenvalue weighted by atomic mass is 16.5. The van der Waals surface area contributed by atoms with E-state index in [1.165, 1.54) is 6.07 Å². The van der Waals surface area contributed by atoms with Gasteiger partial charge in [0.2, 0.25) is 5.89 Å². The third-order valence-electron chi connectivity index (χ3n) is 3.95. The van der Waals surface area contributed by atoms with E-state index in [4.69, 9.17) is 24.5 Å². The number of para-hydroxylation sites is 2. The fourth-order valence-electron chi connectivity index (χ4n) is 2.77. The molecule has 0 spiro atoms. The summed E-state index contributed by atoms with van der Waals surface area (Å²) >= 11 is 0. The van der Waals surface area contributed by atoms with Crippen molar-refractivity contribution in [3.63, 3.8) is 0 Å². The second-order valence-corrected chi connectivity index (χ2v) is 6.15. The Hall–Kier alpha value is -4.28. The van der Waals surface area contributed by atoms with Crippen molar-refractivity contribution in [3.8, 4) is 23.0 Å². The van der Waals surface area contributed by atoms with Gasteiger partial charge in [0.1, 0.15) is 30.1 Å². The third kappa shape index (κ3) is 4.58. The predicted molar refractivity (Wildman–Crippen MR) is 102 cm³/mol. The fourth-order valence-corrected chi connectivity index (χ4v) is 2.77. The number of carboxylic acid groups (broad SMARTS) is 3. The lowest BCUT2D eigenvalue weighted by atomic mass is 10.1. The molecule has 2 aromatic carbocycles. The first-order valence-corrected chi connectivity index (χ1v) is 8.50. The SMILES string of the molecule is O=C(O)COc1cc(-c2nc3ccccc3o2)c(O)cc1N(CC(=O)O)CC(=O)O. The average Bonchev–Trinajstić information content (AvgIpc) is 3.09. The second kappa shape index (κ2) is 8.39. The number of phenols is 1. The molecule has 0 aliphatic rings. The van der Waals surface area contributed by atoms with Crippen LogP contribution in [0.25, 0.3) is 22.6 Å². The second-order valence-electron chi connectivity index (χ2n) is 6.15. The van der Waals surface area contributed by atoms with Crippen LogP contribution in [0.5, 0.6) is 11.5 Å². The highest BCUT2D eigenvalue weighted by Gasteiger charge is 2.23. The Bertz CT molecular complexity index is 1070. The highest BCUT2D eigenvalue weighted by Crippen LogP contribution is 2.40. The monoisotopic (exact) mass is 416 g/mol. The van der Waals surface area contributed by atoms with Crippen molar-refractivity contribution in [2.45, 2.75) is 0 Å². The summed E-state index contributed by atoms with van der Waals surface area (Å²) in [6, 6.07) is 9.13. The number of aliphatic carboxylic acids is 3. The number of phenolic OH excluding ortho intramolecular Hbond substituents is 1. The molecule has 11 nitrogen and oxygen atoms in total. The molecule has 1 aromatic heterocycles. The summed E-state index contributed by atoms with van der Waals surface area (Å²) in [5.74, 6) is -4.50. The fraction of sp³-hybridized carbons (Fsp3) is 0.158. The van der Waals surface area contributed by atoms with E-state index in [-0.39, 0.29) is 28.6 Å². The van der Waals surface area contributed by atoms with Crippen LogP contribution in [-0.2, 0) is 14.4 Å². The van der Waals surface area contributed by atoms with Gasteiger partial charge in [-0.25, -0.2) is 9.78 Å². The van der Waals surface area contributed by atoms with Gasteiger partial charge in [0.15, 0.2) is 12.2 Å². The van der Waals surface area contributed by atoms with E-state index in [1.807, 2.05) is 0 Å². The molecule has 4 N–H and O–H groups in total. The van der Waals surface area contributed by atoms with E-state index in [2.05, 4.69) is 4.98 Å². The van der Waals surface area contributed by atoms with Gasteiger partial charge in [-0.05, 0) is 18.2 Å². The summed E-state index contributed by atoms with van der Waals surface area (Å²) in [5.41, 5.74) is 0.907. The Labute approximate surface area is 168 Å². The summed E-state index contributed by atoms with van der Waals surface area (Å²) in [7, 11) is 0. The number of rotatable bonds is 9. The first-order chi connectivity index (χ1) is 14.2. The molecule has 0 saturated heterocycles. The molecule has 0 atom stereocenters. The van der Waals surface area contributed by atoms with Crippen LogP contribution in [0.2, 0.25) is 0 Å². The number of hydrogen-bond acceptors (Lipinski definition) is 8. The number of hydrogen-bond donors (Lipinski definition) is 4. The minimum Gasteiger partial charge on any atom is -0.507 e. The van der Waals surface area contributed by atoms with E-state index < -0.39 is 37.6 Å². The quantitative estimate of drug-likeness (QED) is 0.400. The Morgan fingerprint density at radius 2 is 1.67 bits per heavy atom. The van der Waals surface area contributed by atoms with Crippen LogP contribution in [0, 0.1) is 0 Å². The van der Waals surface area contributed by atoms with Crippen molar-refractivity contribution in [3.05, 3.63) is 36.4 Å². The van der Waals surface area contributed by atoms with Gasteiger partial charge < -0.3 is 34.5 Å². The van der Waals surface area contributed by atoms with Crippen LogP contribution in [0.1, 0.15) is 0 Å². The topological polar surface area (TPSA) is 171 Å². The number of carbonyl (C=O) groups is 3. The van der Waals surface area contributed by atoms with Gasteiger partial charge in [-0.3, -0.25) is 9.59 Å². The van der Waals surface area contributed by atoms with E-state index in [9.17, 15) is 19.5 Å². The average molecular weight is 416 g/mol. The molecule has 3 aromatic rings. The standard InChI is InChI=1S/C19H16N2O9/c22-13-6-12(21(7-16(23)24)8-17(25)26)15(29-9-18(27)28)5-10(13)19-20-11-3-1-2-4-14(11)30-19/h1-6,22H,7-9H2,(H,23,24)(H,25,26)(H,27,28).